The van der Waals surface area contributed by atoms with Crippen molar-refractivity contribution in [2.75, 3.05) is 11.9 Å². The highest BCUT2D eigenvalue weighted by molar-refractivity contribution is 5.62. The Kier molecular flexibility index (Phi) is 3.81. The van der Waals surface area contributed by atoms with E-state index in [1.165, 1.54) is 12.3 Å². The first kappa shape index (κ1) is 13.5. The molecular formula is C15H17FN2O. The SMILES string of the molecule is Cc1cc(C)cc(N(C)c2nccc(CO)c2F)c1. The molecule has 0 atom stereocenters. The van der Waals surface area contributed by atoms with Crippen molar-refractivity contribution in [3.05, 3.63) is 53.0 Å². The molecule has 0 fully saturated rings. The van der Waals surface area contributed by atoms with Gasteiger partial charge in [-0.25, -0.2) is 9.37 Å². The van der Waals surface area contributed by atoms with Gasteiger partial charge in [-0.3, -0.25) is 0 Å². The fraction of sp³-hybridized carbons (Fsp3) is 0.267. The van der Waals surface area contributed by atoms with Crippen molar-refractivity contribution >= 4 is 11.5 Å². The van der Waals surface area contributed by atoms with Crippen molar-refractivity contribution in [1.82, 2.24) is 4.98 Å². The Morgan fingerprint density at radius 3 is 2.42 bits per heavy atom. The van der Waals surface area contributed by atoms with Crippen molar-refractivity contribution in [3.63, 3.8) is 0 Å². The molecule has 2 rings (SSSR count). The summed E-state index contributed by atoms with van der Waals surface area (Å²) in [7, 11) is 1.76. The number of rotatable bonds is 3. The average Bonchev–Trinajstić information content (AvgIpc) is 2.37. The minimum absolute atomic E-state index is 0.219. The van der Waals surface area contributed by atoms with E-state index < -0.39 is 5.82 Å². The van der Waals surface area contributed by atoms with Crippen LogP contribution in [0.5, 0.6) is 0 Å². The second kappa shape index (κ2) is 5.36. The molecule has 4 heteroatoms. The summed E-state index contributed by atoms with van der Waals surface area (Å²) in [6, 6.07) is 7.49. The van der Waals surface area contributed by atoms with Crippen molar-refractivity contribution in [1.29, 1.82) is 0 Å². The Morgan fingerprint density at radius 1 is 1.21 bits per heavy atom. The van der Waals surface area contributed by atoms with E-state index in [0.717, 1.165) is 16.8 Å². The van der Waals surface area contributed by atoms with Gasteiger partial charge in [0.25, 0.3) is 0 Å². The molecule has 0 unspecified atom stereocenters. The predicted octanol–water partition coefficient (Wildman–Crippen LogP) is 3.10. The maximum absolute atomic E-state index is 14.1. The maximum Gasteiger partial charge on any atom is 0.171 e. The quantitative estimate of drug-likeness (QED) is 0.921. The molecule has 0 aliphatic heterocycles. The summed E-state index contributed by atoms with van der Waals surface area (Å²) in [5.41, 5.74) is 3.35. The smallest absolute Gasteiger partial charge is 0.171 e. The third kappa shape index (κ3) is 2.74. The van der Waals surface area contributed by atoms with Crippen LogP contribution in [-0.2, 0) is 6.61 Å². The van der Waals surface area contributed by atoms with E-state index in [1.807, 2.05) is 26.0 Å². The molecule has 2 aromatic rings. The van der Waals surface area contributed by atoms with Crippen LogP contribution in [0.4, 0.5) is 15.9 Å². The van der Waals surface area contributed by atoms with Gasteiger partial charge < -0.3 is 10.0 Å². The fourth-order valence-electron chi connectivity index (χ4n) is 2.09. The molecule has 0 spiro atoms. The van der Waals surface area contributed by atoms with Gasteiger partial charge in [0.2, 0.25) is 0 Å². The van der Waals surface area contributed by atoms with Crippen LogP contribution in [-0.4, -0.2) is 17.1 Å². The molecule has 1 aromatic heterocycles. The third-order valence-electron chi connectivity index (χ3n) is 3.03. The molecule has 0 aliphatic rings. The molecule has 0 amide bonds. The number of benzene rings is 1. The maximum atomic E-state index is 14.1. The number of aliphatic hydroxyl groups is 1. The summed E-state index contributed by atoms with van der Waals surface area (Å²) in [5, 5.41) is 9.10. The highest BCUT2D eigenvalue weighted by Gasteiger charge is 2.14. The zero-order valence-corrected chi connectivity index (χ0v) is 11.3. The Hall–Kier alpha value is -1.94. The van der Waals surface area contributed by atoms with E-state index in [9.17, 15) is 4.39 Å². The van der Waals surface area contributed by atoms with Gasteiger partial charge >= 0.3 is 0 Å². The van der Waals surface area contributed by atoms with Gasteiger partial charge in [0.1, 0.15) is 0 Å². The Morgan fingerprint density at radius 2 is 1.84 bits per heavy atom. The minimum atomic E-state index is -0.480. The number of nitrogens with zero attached hydrogens (tertiary/aromatic N) is 2. The number of aromatic nitrogens is 1. The standard InChI is InChI=1S/C15H17FN2O/c1-10-6-11(2)8-13(7-10)18(3)15-14(16)12(9-19)4-5-17-15/h4-8,19H,9H2,1-3H3. The predicted molar refractivity (Wildman–Crippen MR) is 74.1 cm³/mol. The van der Waals surface area contributed by atoms with Crippen LogP contribution in [0.1, 0.15) is 16.7 Å². The van der Waals surface area contributed by atoms with Gasteiger partial charge in [-0.05, 0) is 43.2 Å². The zero-order chi connectivity index (χ0) is 14.0. The molecule has 1 aromatic carbocycles. The first-order valence-corrected chi connectivity index (χ1v) is 6.09. The molecule has 1 N–H and O–H groups in total. The normalized spacial score (nSPS) is 10.6. The van der Waals surface area contributed by atoms with Crippen molar-refractivity contribution in [2.45, 2.75) is 20.5 Å². The highest BCUT2D eigenvalue weighted by Crippen LogP contribution is 2.27. The molecular weight excluding hydrogens is 243 g/mol. The Balaban J connectivity index is 2.46. The van der Waals surface area contributed by atoms with E-state index in [0.29, 0.717) is 0 Å². The Labute approximate surface area is 112 Å². The summed E-state index contributed by atoms with van der Waals surface area (Å²) in [6.07, 6.45) is 1.50. The lowest BCUT2D eigenvalue weighted by Crippen LogP contribution is -2.14. The van der Waals surface area contributed by atoms with Gasteiger partial charge in [0.15, 0.2) is 11.6 Å². The van der Waals surface area contributed by atoms with Crippen LogP contribution in [0.2, 0.25) is 0 Å². The number of anilines is 2. The second-order valence-corrected chi connectivity index (χ2v) is 4.67. The summed E-state index contributed by atoms with van der Waals surface area (Å²) < 4.78 is 14.1. The first-order chi connectivity index (χ1) is 9.02. The van der Waals surface area contributed by atoms with E-state index >= 15 is 0 Å². The van der Waals surface area contributed by atoms with E-state index in [2.05, 4.69) is 11.1 Å². The van der Waals surface area contributed by atoms with Crippen LogP contribution in [0.15, 0.2) is 30.5 Å². The lowest BCUT2D eigenvalue weighted by molar-refractivity contribution is 0.275. The number of pyridine rings is 1. The highest BCUT2D eigenvalue weighted by atomic mass is 19.1. The molecule has 0 radical (unpaired) electrons. The van der Waals surface area contributed by atoms with Crippen LogP contribution in [0.3, 0.4) is 0 Å². The minimum Gasteiger partial charge on any atom is -0.392 e. The molecule has 19 heavy (non-hydrogen) atoms. The number of aliphatic hydroxyl groups excluding tert-OH is 1. The molecule has 1 heterocycles. The van der Waals surface area contributed by atoms with E-state index in [4.69, 9.17) is 5.11 Å². The van der Waals surface area contributed by atoms with Gasteiger partial charge in [-0.2, -0.15) is 0 Å². The summed E-state index contributed by atoms with van der Waals surface area (Å²) >= 11 is 0. The van der Waals surface area contributed by atoms with Gasteiger partial charge in [-0.1, -0.05) is 6.07 Å². The molecule has 0 aliphatic carbocycles. The van der Waals surface area contributed by atoms with Gasteiger partial charge in [0, 0.05) is 24.5 Å². The number of aryl methyl sites for hydroxylation is 2. The van der Waals surface area contributed by atoms with Crippen molar-refractivity contribution in [2.24, 2.45) is 0 Å². The van der Waals surface area contributed by atoms with Crippen LogP contribution in [0, 0.1) is 19.7 Å². The fourth-order valence-corrected chi connectivity index (χ4v) is 2.09. The number of hydrogen-bond donors (Lipinski definition) is 1. The van der Waals surface area contributed by atoms with Crippen molar-refractivity contribution < 1.29 is 9.50 Å². The third-order valence-corrected chi connectivity index (χ3v) is 3.03. The molecule has 0 saturated carbocycles. The molecule has 0 bridgehead atoms. The second-order valence-electron chi connectivity index (χ2n) is 4.67. The van der Waals surface area contributed by atoms with Crippen LogP contribution >= 0.6 is 0 Å². The van der Waals surface area contributed by atoms with Crippen molar-refractivity contribution in [3.8, 4) is 0 Å². The van der Waals surface area contributed by atoms with Crippen LogP contribution < -0.4 is 4.90 Å². The average molecular weight is 260 g/mol. The number of halogens is 1. The lowest BCUT2D eigenvalue weighted by Gasteiger charge is -2.20. The zero-order valence-electron chi connectivity index (χ0n) is 11.3. The monoisotopic (exact) mass is 260 g/mol. The summed E-state index contributed by atoms with van der Waals surface area (Å²) in [6.45, 7) is 3.67. The van der Waals surface area contributed by atoms with Gasteiger partial charge in [-0.15, -0.1) is 0 Å². The number of hydrogen-bond acceptors (Lipinski definition) is 3. The largest absolute Gasteiger partial charge is 0.392 e. The summed E-state index contributed by atoms with van der Waals surface area (Å²) in [5.74, 6) is -0.261. The first-order valence-electron chi connectivity index (χ1n) is 6.09. The lowest BCUT2D eigenvalue weighted by atomic mass is 10.1. The van der Waals surface area contributed by atoms with E-state index in [1.54, 1.807) is 11.9 Å². The molecule has 0 saturated heterocycles. The summed E-state index contributed by atoms with van der Waals surface area (Å²) in [4.78, 5) is 5.75. The Bertz CT molecular complexity index is 578. The molecule has 100 valence electrons. The topological polar surface area (TPSA) is 36.4 Å². The van der Waals surface area contributed by atoms with E-state index in [-0.39, 0.29) is 18.0 Å². The van der Waals surface area contributed by atoms with Gasteiger partial charge in [0.05, 0.1) is 6.61 Å². The van der Waals surface area contributed by atoms with Crippen LogP contribution in [0.25, 0.3) is 0 Å². The molecule has 3 nitrogen and oxygen atoms in total.